The largest absolute Gasteiger partial charge is 0.396 e. The standard InChI is InChI=1S/C20H37N5O/c1-4-21-19(22-12-8-13-25-18(3)15-17(2)24-25)23-16-20(11-14-26)9-6-5-7-10-20/h15,26H,4-14,16H2,1-3H3,(H2,21,22,23). The number of nitrogens with one attached hydrogen (secondary N) is 2. The number of aromatic nitrogens is 2. The van der Waals surface area contributed by atoms with Gasteiger partial charge in [-0.3, -0.25) is 9.67 Å². The normalized spacial score (nSPS) is 17.3. The topological polar surface area (TPSA) is 74.5 Å². The zero-order chi connectivity index (χ0) is 18.8. The van der Waals surface area contributed by atoms with Gasteiger partial charge in [0.1, 0.15) is 0 Å². The van der Waals surface area contributed by atoms with Gasteiger partial charge in [0, 0.05) is 38.5 Å². The van der Waals surface area contributed by atoms with E-state index in [0.29, 0.717) is 0 Å². The zero-order valence-electron chi connectivity index (χ0n) is 16.9. The third-order valence-electron chi connectivity index (χ3n) is 5.42. The Labute approximate surface area is 158 Å². The number of hydrogen-bond donors (Lipinski definition) is 3. The van der Waals surface area contributed by atoms with Crippen LogP contribution in [0.3, 0.4) is 0 Å². The maximum absolute atomic E-state index is 9.47. The van der Waals surface area contributed by atoms with E-state index in [9.17, 15) is 5.11 Å². The predicted octanol–water partition coefficient (Wildman–Crippen LogP) is 2.78. The predicted molar refractivity (Wildman–Crippen MR) is 108 cm³/mol. The Hall–Kier alpha value is -1.56. The van der Waals surface area contributed by atoms with Gasteiger partial charge < -0.3 is 15.7 Å². The summed E-state index contributed by atoms with van der Waals surface area (Å²) < 4.78 is 2.07. The Kier molecular flexibility index (Phi) is 8.42. The fraction of sp³-hybridized carbons (Fsp3) is 0.800. The third-order valence-corrected chi connectivity index (χ3v) is 5.42. The molecule has 0 aromatic carbocycles. The highest BCUT2D eigenvalue weighted by molar-refractivity contribution is 5.79. The van der Waals surface area contributed by atoms with Gasteiger partial charge in [-0.15, -0.1) is 0 Å². The highest BCUT2D eigenvalue weighted by atomic mass is 16.3. The molecule has 6 nitrogen and oxygen atoms in total. The molecule has 0 amide bonds. The van der Waals surface area contributed by atoms with Crippen LogP contribution in [0.5, 0.6) is 0 Å². The van der Waals surface area contributed by atoms with Crippen LogP contribution in [-0.4, -0.2) is 47.1 Å². The van der Waals surface area contributed by atoms with Gasteiger partial charge in [0.15, 0.2) is 5.96 Å². The summed E-state index contributed by atoms with van der Waals surface area (Å²) in [5.41, 5.74) is 2.48. The summed E-state index contributed by atoms with van der Waals surface area (Å²) in [5.74, 6) is 0.892. The molecule has 0 spiro atoms. The molecule has 1 saturated carbocycles. The van der Waals surface area contributed by atoms with E-state index in [1.54, 1.807) is 0 Å². The summed E-state index contributed by atoms with van der Waals surface area (Å²) in [6.45, 7) is 9.95. The van der Waals surface area contributed by atoms with Gasteiger partial charge in [0.05, 0.1) is 5.69 Å². The van der Waals surface area contributed by atoms with Crippen LogP contribution in [0.25, 0.3) is 0 Å². The quantitative estimate of drug-likeness (QED) is 0.358. The highest BCUT2D eigenvalue weighted by Gasteiger charge is 2.31. The minimum absolute atomic E-state index is 0.194. The Morgan fingerprint density at radius 2 is 2.04 bits per heavy atom. The summed E-state index contributed by atoms with van der Waals surface area (Å²) in [7, 11) is 0. The fourth-order valence-corrected chi connectivity index (χ4v) is 3.95. The van der Waals surface area contributed by atoms with Crippen LogP contribution >= 0.6 is 0 Å². The van der Waals surface area contributed by atoms with E-state index in [4.69, 9.17) is 4.99 Å². The molecule has 1 aliphatic carbocycles. The van der Waals surface area contributed by atoms with Gasteiger partial charge in [0.2, 0.25) is 0 Å². The van der Waals surface area contributed by atoms with Crippen molar-refractivity contribution in [1.29, 1.82) is 0 Å². The number of aliphatic hydroxyl groups excluding tert-OH is 1. The maximum atomic E-state index is 9.47. The van der Waals surface area contributed by atoms with Crippen molar-refractivity contribution in [3.8, 4) is 0 Å². The zero-order valence-corrected chi connectivity index (χ0v) is 16.9. The van der Waals surface area contributed by atoms with Crippen LogP contribution in [0.4, 0.5) is 0 Å². The third kappa shape index (κ3) is 6.31. The lowest BCUT2D eigenvalue weighted by Gasteiger charge is -2.35. The molecule has 0 unspecified atom stereocenters. The summed E-state index contributed by atoms with van der Waals surface area (Å²) in [6.07, 6.45) is 8.11. The van der Waals surface area contributed by atoms with Crippen LogP contribution in [-0.2, 0) is 6.54 Å². The average molecular weight is 364 g/mol. The molecule has 0 saturated heterocycles. The second-order valence-electron chi connectivity index (χ2n) is 7.66. The molecule has 0 aliphatic heterocycles. The molecule has 0 radical (unpaired) electrons. The number of guanidine groups is 1. The lowest BCUT2D eigenvalue weighted by atomic mass is 9.72. The number of nitrogens with zero attached hydrogens (tertiary/aromatic N) is 3. The molecule has 26 heavy (non-hydrogen) atoms. The van der Waals surface area contributed by atoms with E-state index >= 15 is 0 Å². The van der Waals surface area contributed by atoms with Crippen molar-refractivity contribution in [2.75, 3.05) is 26.2 Å². The molecule has 0 bridgehead atoms. The fourth-order valence-electron chi connectivity index (χ4n) is 3.95. The van der Waals surface area contributed by atoms with E-state index in [1.165, 1.54) is 37.8 Å². The molecule has 3 N–H and O–H groups in total. The smallest absolute Gasteiger partial charge is 0.191 e. The first-order chi connectivity index (χ1) is 12.6. The van der Waals surface area contributed by atoms with Gasteiger partial charge in [-0.05, 0) is 57.9 Å². The van der Waals surface area contributed by atoms with Crippen LogP contribution < -0.4 is 10.6 Å². The molecule has 6 heteroatoms. The Balaban J connectivity index is 1.84. The first kappa shape index (κ1) is 20.7. The number of hydrogen-bond acceptors (Lipinski definition) is 3. The van der Waals surface area contributed by atoms with Crippen LogP contribution in [0.15, 0.2) is 11.1 Å². The van der Waals surface area contributed by atoms with Gasteiger partial charge in [-0.2, -0.15) is 5.10 Å². The van der Waals surface area contributed by atoms with Crippen LogP contribution in [0.1, 0.15) is 63.3 Å². The van der Waals surface area contributed by atoms with Crippen LogP contribution in [0.2, 0.25) is 0 Å². The summed E-state index contributed by atoms with van der Waals surface area (Å²) in [5, 5.41) is 20.8. The molecule has 1 aromatic heterocycles. The van der Waals surface area contributed by atoms with Crippen molar-refractivity contribution < 1.29 is 5.11 Å². The maximum Gasteiger partial charge on any atom is 0.191 e. The Bertz CT molecular complexity index is 555. The molecule has 148 valence electrons. The first-order valence-electron chi connectivity index (χ1n) is 10.2. The van der Waals surface area contributed by atoms with Gasteiger partial charge in [-0.25, -0.2) is 0 Å². The second-order valence-corrected chi connectivity index (χ2v) is 7.66. The van der Waals surface area contributed by atoms with E-state index < -0.39 is 0 Å². The van der Waals surface area contributed by atoms with E-state index in [0.717, 1.165) is 50.7 Å². The minimum atomic E-state index is 0.194. The number of aliphatic imine (C=N–C) groups is 1. The lowest BCUT2D eigenvalue weighted by Crippen LogP contribution is -2.39. The molecular formula is C20H37N5O. The minimum Gasteiger partial charge on any atom is -0.396 e. The van der Waals surface area contributed by atoms with E-state index in [1.807, 2.05) is 6.92 Å². The van der Waals surface area contributed by atoms with E-state index in [2.05, 4.69) is 40.3 Å². The van der Waals surface area contributed by atoms with Crippen LogP contribution in [0, 0.1) is 19.3 Å². The van der Waals surface area contributed by atoms with Gasteiger partial charge in [0.25, 0.3) is 0 Å². The number of aliphatic hydroxyl groups is 1. The highest BCUT2D eigenvalue weighted by Crippen LogP contribution is 2.39. The van der Waals surface area contributed by atoms with Crippen molar-refractivity contribution in [2.24, 2.45) is 10.4 Å². The van der Waals surface area contributed by atoms with Crippen molar-refractivity contribution in [2.45, 2.75) is 72.3 Å². The Morgan fingerprint density at radius 3 is 2.65 bits per heavy atom. The van der Waals surface area contributed by atoms with Crippen molar-refractivity contribution in [3.05, 3.63) is 17.5 Å². The lowest BCUT2D eigenvalue weighted by molar-refractivity contribution is 0.137. The second kappa shape index (κ2) is 10.6. The van der Waals surface area contributed by atoms with Crippen molar-refractivity contribution in [3.63, 3.8) is 0 Å². The summed E-state index contributed by atoms with van der Waals surface area (Å²) >= 11 is 0. The Morgan fingerprint density at radius 1 is 1.27 bits per heavy atom. The molecule has 0 atom stereocenters. The van der Waals surface area contributed by atoms with Gasteiger partial charge in [-0.1, -0.05) is 19.3 Å². The molecule has 1 aliphatic rings. The molecule has 1 heterocycles. The van der Waals surface area contributed by atoms with Gasteiger partial charge >= 0.3 is 0 Å². The number of aryl methyl sites for hydroxylation is 3. The first-order valence-corrected chi connectivity index (χ1v) is 10.2. The SMILES string of the molecule is CCNC(=NCC1(CCO)CCCCC1)NCCCn1nc(C)cc1C. The molecule has 2 rings (SSSR count). The molecule has 1 aromatic rings. The summed E-state index contributed by atoms with van der Waals surface area (Å²) in [4.78, 5) is 4.86. The molecular weight excluding hydrogens is 326 g/mol. The monoisotopic (exact) mass is 363 g/mol. The van der Waals surface area contributed by atoms with E-state index in [-0.39, 0.29) is 12.0 Å². The van der Waals surface area contributed by atoms with Crippen molar-refractivity contribution >= 4 is 5.96 Å². The number of rotatable bonds is 9. The van der Waals surface area contributed by atoms with Crippen molar-refractivity contribution in [1.82, 2.24) is 20.4 Å². The summed E-state index contributed by atoms with van der Waals surface area (Å²) in [6, 6.07) is 2.11. The average Bonchev–Trinajstić information content (AvgIpc) is 2.95. The molecule has 1 fully saturated rings.